The predicted octanol–water partition coefficient (Wildman–Crippen LogP) is 1.85. The molecule has 1 aromatic carbocycles. The number of rotatable bonds is 5. The molecule has 2 aliphatic rings. The van der Waals surface area contributed by atoms with Gasteiger partial charge in [-0.2, -0.15) is 0 Å². The Bertz CT molecular complexity index is 839. The van der Waals surface area contributed by atoms with Crippen LogP contribution >= 0.6 is 0 Å². The number of nitrogens with one attached hydrogen (secondary N) is 1. The van der Waals surface area contributed by atoms with E-state index in [9.17, 15) is 9.59 Å². The Morgan fingerprint density at radius 1 is 1.22 bits per heavy atom. The topological polar surface area (TPSA) is 75.2 Å². The number of aromatic nitrogens is 2. The Balaban J connectivity index is 1.27. The highest BCUT2D eigenvalue weighted by Crippen LogP contribution is 2.48. The molecular weight excluding hydrogens is 340 g/mol. The zero-order valence-electron chi connectivity index (χ0n) is 15.5. The van der Waals surface area contributed by atoms with Crippen molar-refractivity contribution in [1.82, 2.24) is 20.2 Å². The van der Waals surface area contributed by atoms with Crippen molar-refractivity contribution < 1.29 is 9.59 Å². The summed E-state index contributed by atoms with van der Waals surface area (Å²) >= 11 is 0. The maximum Gasteiger partial charge on any atom is 0.227 e. The van der Waals surface area contributed by atoms with Gasteiger partial charge in [0.05, 0.1) is 6.42 Å². The molecule has 6 nitrogen and oxygen atoms in total. The van der Waals surface area contributed by atoms with Gasteiger partial charge in [-0.05, 0) is 42.4 Å². The number of carbonyl (C=O) groups excluding carboxylic acids is 2. The van der Waals surface area contributed by atoms with Crippen LogP contribution in [0.5, 0.6) is 0 Å². The zero-order valence-corrected chi connectivity index (χ0v) is 15.5. The molecule has 1 aromatic heterocycles. The minimum absolute atomic E-state index is 0.0478. The number of amides is 2. The molecule has 2 amide bonds. The molecule has 140 valence electrons. The van der Waals surface area contributed by atoms with Crippen LogP contribution in [0.25, 0.3) is 0 Å². The van der Waals surface area contributed by atoms with Gasteiger partial charge in [-0.15, -0.1) is 0 Å². The summed E-state index contributed by atoms with van der Waals surface area (Å²) in [5.74, 6) is 0.588. The molecule has 2 heterocycles. The lowest BCUT2D eigenvalue weighted by Gasteiger charge is -2.17. The van der Waals surface area contributed by atoms with Crippen molar-refractivity contribution in [2.75, 3.05) is 13.1 Å². The normalized spacial score (nSPS) is 23.9. The Morgan fingerprint density at radius 3 is 2.78 bits per heavy atom. The van der Waals surface area contributed by atoms with Gasteiger partial charge in [0.15, 0.2) is 0 Å². The first-order chi connectivity index (χ1) is 13.1. The Kier molecular flexibility index (Phi) is 4.88. The van der Waals surface area contributed by atoms with Crippen molar-refractivity contribution in [1.29, 1.82) is 0 Å². The fraction of sp³-hybridized carbons (Fsp3) is 0.429. The summed E-state index contributed by atoms with van der Waals surface area (Å²) in [6.07, 6.45) is 6.82. The molecule has 0 bridgehead atoms. The largest absolute Gasteiger partial charge is 0.351 e. The fourth-order valence-electron chi connectivity index (χ4n) is 3.95. The molecule has 1 N–H and O–H groups in total. The molecule has 4 rings (SSSR count). The minimum atomic E-state index is 0.0478. The van der Waals surface area contributed by atoms with Crippen LogP contribution in [0.4, 0.5) is 0 Å². The summed E-state index contributed by atoms with van der Waals surface area (Å²) < 4.78 is 0. The van der Waals surface area contributed by atoms with Gasteiger partial charge >= 0.3 is 0 Å². The van der Waals surface area contributed by atoms with Crippen LogP contribution in [-0.2, 0) is 16.0 Å². The molecule has 0 radical (unpaired) electrons. The van der Waals surface area contributed by atoms with E-state index in [1.165, 1.54) is 17.5 Å². The summed E-state index contributed by atoms with van der Waals surface area (Å²) in [5.41, 5.74) is 3.35. The van der Waals surface area contributed by atoms with E-state index in [4.69, 9.17) is 0 Å². The van der Waals surface area contributed by atoms with Crippen LogP contribution in [0.3, 0.4) is 0 Å². The van der Waals surface area contributed by atoms with Crippen molar-refractivity contribution in [3.63, 3.8) is 0 Å². The second-order valence-electron chi connectivity index (χ2n) is 7.56. The number of likely N-dealkylation sites (tertiary alicyclic amines) is 1. The number of aryl methyl sites for hydroxylation is 1. The zero-order chi connectivity index (χ0) is 18.8. The maximum absolute atomic E-state index is 12.6. The fourth-order valence-corrected chi connectivity index (χ4v) is 3.95. The molecule has 1 saturated carbocycles. The highest BCUT2D eigenvalue weighted by Gasteiger charge is 2.45. The summed E-state index contributed by atoms with van der Waals surface area (Å²) in [6.45, 7) is 3.37. The van der Waals surface area contributed by atoms with E-state index in [-0.39, 0.29) is 23.8 Å². The van der Waals surface area contributed by atoms with Crippen molar-refractivity contribution in [3.8, 4) is 0 Å². The summed E-state index contributed by atoms with van der Waals surface area (Å²) in [6, 6.07) is 8.33. The highest BCUT2D eigenvalue weighted by molar-refractivity contribution is 5.83. The molecule has 0 spiro atoms. The Labute approximate surface area is 159 Å². The smallest absolute Gasteiger partial charge is 0.227 e. The third-order valence-corrected chi connectivity index (χ3v) is 5.57. The van der Waals surface area contributed by atoms with Gasteiger partial charge in [-0.1, -0.05) is 24.3 Å². The van der Waals surface area contributed by atoms with E-state index in [1.54, 1.807) is 12.4 Å². The third-order valence-electron chi connectivity index (χ3n) is 5.57. The van der Waals surface area contributed by atoms with Gasteiger partial charge in [-0.3, -0.25) is 9.59 Å². The van der Waals surface area contributed by atoms with Gasteiger partial charge in [0.1, 0.15) is 6.33 Å². The average molecular weight is 364 g/mol. The number of benzene rings is 1. The Hall–Kier alpha value is -2.76. The minimum Gasteiger partial charge on any atom is -0.351 e. The quantitative estimate of drug-likeness (QED) is 0.879. The van der Waals surface area contributed by atoms with Crippen LogP contribution in [0.2, 0.25) is 0 Å². The van der Waals surface area contributed by atoms with Crippen LogP contribution in [0, 0.1) is 12.8 Å². The van der Waals surface area contributed by atoms with Crippen LogP contribution in [0.15, 0.2) is 43.0 Å². The first-order valence-electron chi connectivity index (χ1n) is 9.49. The van der Waals surface area contributed by atoms with Gasteiger partial charge in [0.25, 0.3) is 0 Å². The molecule has 1 aliphatic heterocycles. The number of nitrogens with zero attached hydrogens (tertiary/aromatic N) is 3. The average Bonchev–Trinajstić information content (AvgIpc) is 3.33. The van der Waals surface area contributed by atoms with E-state index in [1.807, 2.05) is 17.0 Å². The van der Waals surface area contributed by atoms with E-state index in [0.29, 0.717) is 25.4 Å². The van der Waals surface area contributed by atoms with Crippen molar-refractivity contribution in [2.45, 2.75) is 38.1 Å². The monoisotopic (exact) mass is 364 g/mol. The van der Waals surface area contributed by atoms with Crippen LogP contribution in [0.1, 0.15) is 35.4 Å². The van der Waals surface area contributed by atoms with Crippen LogP contribution in [-0.4, -0.2) is 45.8 Å². The summed E-state index contributed by atoms with van der Waals surface area (Å²) in [5, 5.41) is 3.15. The third kappa shape index (κ3) is 3.99. The first kappa shape index (κ1) is 17.6. The van der Waals surface area contributed by atoms with Gasteiger partial charge in [-0.25, -0.2) is 9.97 Å². The van der Waals surface area contributed by atoms with Crippen molar-refractivity contribution >= 4 is 11.8 Å². The molecule has 1 saturated heterocycles. The molecule has 6 heteroatoms. The molecule has 27 heavy (non-hydrogen) atoms. The maximum atomic E-state index is 12.6. The van der Waals surface area contributed by atoms with Gasteiger partial charge in [0, 0.05) is 37.4 Å². The van der Waals surface area contributed by atoms with E-state index < -0.39 is 0 Å². The molecule has 3 atom stereocenters. The van der Waals surface area contributed by atoms with Gasteiger partial charge < -0.3 is 10.2 Å². The second kappa shape index (κ2) is 7.47. The number of hydrogen-bond acceptors (Lipinski definition) is 4. The van der Waals surface area contributed by atoms with Gasteiger partial charge in [0.2, 0.25) is 11.8 Å². The predicted molar refractivity (Wildman–Crippen MR) is 101 cm³/mol. The summed E-state index contributed by atoms with van der Waals surface area (Å²) in [4.78, 5) is 34.7. The SMILES string of the molecule is Cc1ccccc1[C@@H]1C[C@H]1C(=O)N[C@@H]1CCN(C(=O)Cc2cncnc2)C1. The number of carbonyl (C=O) groups is 2. The molecule has 2 aromatic rings. The Morgan fingerprint density at radius 2 is 2.00 bits per heavy atom. The van der Waals surface area contributed by atoms with E-state index >= 15 is 0 Å². The van der Waals surface area contributed by atoms with Crippen molar-refractivity contribution in [3.05, 3.63) is 59.7 Å². The second-order valence-corrected chi connectivity index (χ2v) is 7.56. The van der Waals surface area contributed by atoms with E-state index in [2.05, 4.69) is 34.3 Å². The van der Waals surface area contributed by atoms with Crippen molar-refractivity contribution in [2.24, 2.45) is 5.92 Å². The highest BCUT2D eigenvalue weighted by atomic mass is 16.2. The molecular formula is C21H24N4O2. The first-order valence-corrected chi connectivity index (χ1v) is 9.49. The lowest BCUT2D eigenvalue weighted by molar-refractivity contribution is -0.130. The lowest BCUT2D eigenvalue weighted by atomic mass is 10.0. The van der Waals surface area contributed by atoms with E-state index in [0.717, 1.165) is 18.4 Å². The van der Waals surface area contributed by atoms with Crippen LogP contribution < -0.4 is 5.32 Å². The molecule has 2 fully saturated rings. The molecule has 1 aliphatic carbocycles. The standard InChI is InChI=1S/C21H24N4O2/c1-14-4-2-3-5-17(14)18-9-19(18)21(27)24-16-6-7-25(12-16)20(26)8-15-10-22-13-23-11-15/h2-5,10-11,13,16,18-19H,6-9,12H2,1H3,(H,24,27)/t16-,18+,19-/m1/s1. The summed E-state index contributed by atoms with van der Waals surface area (Å²) in [7, 11) is 0. The lowest BCUT2D eigenvalue weighted by Crippen LogP contribution is -2.39. The molecule has 0 unspecified atom stereocenters. The number of hydrogen-bond donors (Lipinski definition) is 1.